The van der Waals surface area contributed by atoms with Gasteiger partial charge < -0.3 is 9.84 Å². The number of ether oxygens (including phenoxy) is 1. The highest BCUT2D eigenvalue weighted by Crippen LogP contribution is 2.64. The highest BCUT2D eigenvalue weighted by Gasteiger charge is 2.68. The summed E-state index contributed by atoms with van der Waals surface area (Å²) < 4.78 is 8.59. The van der Waals surface area contributed by atoms with Crippen LogP contribution in [0.3, 0.4) is 0 Å². The number of hydrogen-bond donors (Lipinski definition) is 1. The van der Waals surface area contributed by atoms with Gasteiger partial charge in [0.2, 0.25) is 23.6 Å². The van der Waals surface area contributed by atoms with E-state index in [1.54, 1.807) is 46.2 Å². The van der Waals surface area contributed by atoms with E-state index in [0.29, 0.717) is 33.0 Å². The predicted octanol–water partition coefficient (Wildman–Crippen LogP) is 8.30. The van der Waals surface area contributed by atoms with Gasteiger partial charge in [-0.15, -0.1) is 11.3 Å². The number of carbonyl (C=O) groups is 4. The van der Waals surface area contributed by atoms with Gasteiger partial charge in [-0.2, -0.15) is 5.10 Å². The fourth-order valence-corrected chi connectivity index (χ4v) is 12.2. The number of likely N-dealkylation sites (tertiary alicyclic amines) is 1. The number of phenolic OH excluding ortho intramolecular Hbond substituents is 1. The van der Waals surface area contributed by atoms with Crippen molar-refractivity contribution in [1.82, 2.24) is 14.7 Å². The number of benzene rings is 2. The standard InChI is InChI=1S/C41H40BrClN4O6S/c1-19-25-16-21(43)10-13-31(25)54-36(19)29-18-32(45(3)44-29)47-38(50)27-17-26-23(11-12-24-33(26)39(51)46(37(24)49)22-8-6-5-7-9-22)34(41(27,2)40(47)52)20-14-28(42)35(48)30(15-20)53-4/h10-11,13-16,18,22,24,26-27,33-34,48H,5-9,12,17H2,1-4H3/t24-,26+,27-,33-,34-,41+/m0/s1. The van der Waals surface area contributed by atoms with E-state index in [2.05, 4.69) is 22.0 Å². The maximum Gasteiger partial charge on any atom is 0.242 e. The van der Waals surface area contributed by atoms with Crippen molar-refractivity contribution in [1.29, 1.82) is 0 Å². The summed E-state index contributed by atoms with van der Waals surface area (Å²) in [5, 5.41) is 17.3. The number of phenols is 1. The third-order valence-electron chi connectivity index (χ3n) is 13.1. The summed E-state index contributed by atoms with van der Waals surface area (Å²) >= 11 is 11.4. The summed E-state index contributed by atoms with van der Waals surface area (Å²) in [6.07, 6.45) is 7.41. The number of aromatic hydroxyl groups is 1. The molecule has 4 fully saturated rings. The Balaban J connectivity index is 1.16. The molecule has 280 valence electrons. The number of aryl methyl sites for hydroxylation is 2. The van der Waals surface area contributed by atoms with Crippen molar-refractivity contribution in [3.05, 3.63) is 68.7 Å². The molecule has 6 atom stereocenters. The van der Waals surface area contributed by atoms with Gasteiger partial charge in [-0.3, -0.25) is 28.8 Å². The van der Waals surface area contributed by atoms with Crippen LogP contribution in [0.4, 0.5) is 5.82 Å². The molecule has 3 aliphatic carbocycles. The first kappa shape index (κ1) is 35.7. The number of rotatable bonds is 5. The second-order valence-electron chi connectivity index (χ2n) is 15.8. The summed E-state index contributed by atoms with van der Waals surface area (Å²) in [4.78, 5) is 62.4. The molecule has 4 amide bonds. The van der Waals surface area contributed by atoms with Crippen LogP contribution in [0.15, 0.2) is 52.5 Å². The van der Waals surface area contributed by atoms with Crippen LogP contribution in [-0.2, 0) is 26.2 Å². The molecule has 0 spiro atoms. The smallest absolute Gasteiger partial charge is 0.242 e. The number of nitrogens with zero attached hydrogens (tertiary/aromatic N) is 4. The monoisotopic (exact) mass is 830 g/mol. The van der Waals surface area contributed by atoms with Gasteiger partial charge in [-0.25, -0.2) is 4.90 Å². The Bertz CT molecular complexity index is 2350. The van der Waals surface area contributed by atoms with E-state index in [-0.39, 0.29) is 47.6 Å². The molecule has 54 heavy (non-hydrogen) atoms. The normalized spacial score (nSPS) is 28.5. The minimum atomic E-state index is -1.27. The fraction of sp³-hybridized carbons (Fsp3) is 0.439. The molecule has 4 heterocycles. The Morgan fingerprint density at radius 3 is 2.52 bits per heavy atom. The van der Waals surface area contributed by atoms with Crippen LogP contribution in [0.25, 0.3) is 20.7 Å². The topological polar surface area (TPSA) is 122 Å². The van der Waals surface area contributed by atoms with Crippen molar-refractivity contribution in [2.24, 2.45) is 36.1 Å². The van der Waals surface area contributed by atoms with Crippen LogP contribution in [0.2, 0.25) is 5.02 Å². The van der Waals surface area contributed by atoms with Crippen LogP contribution >= 0.6 is 38.9 Å². The summed E-state index contributed by atoms with van der Waals surface area (Å²) in [6.45, 7) is 3.87. The quantitative estimate of drug-likeness (QED) is 0.159. The van der Waals surface area contributed by atoms with Crippen LogP contribution in [0.5, 0.6) is 11.5 Å². The number of carbonyl (C=O) groups excluding carboxylic acids is 4. The van der Waals surface area contributed by atoms with E-state index in [9.17, 15) is 19.5 Å². The summed E-state index contributed by atoms with van der Waals surface area (Å²) in [5.74, 6) is -3.46. The number of allylic oxidation sites excluding steroid dienone is 2. The molecular formula is C41H40BrClN4O6S. The van der Waals surface area contributed by atoms with Crippen molar-refractivity contribution >= 4 is 78.4 Å². The number of amides is 4. The van der Waals surface area contributed by atoms with Gasteiger partial charge in [0.1, 0.15) is 11.5 Å². The highest BCUT2D eigenvalue weighted by atomic mass is 79.9. The first-order valence-corrected chi connectivity index (χ1v) is 20.6. The number of imide groups is 2. The Labute approximate surface area is 330 Å². The summed E-state index contributed by atoms with van der Waals surface area (Å²) in [7, 11) is 3.20. The Kier molecular flexibility index (Phi) is 8.44. The second-order valence-corrected chi connectivity index (χ2v) is 18.1. The molecule has 9 rings (SSSR count). The van der Waals surface area contributed by atoms with E-state index in [1.165, 1.54) is 12.0 Å². The first-order chi connectivity index (χ1) is 25.8. The molecule has 13 heteroatoms. The van der Waals surface area contributed by atoms with Crippen LogP contribution in [-0.4, -0.2) is 56.6 Å². The molecule has 4 aromatic rings. The number of anilines is 1. The zero-order valence-electron chi connectivity index (χ0n) is 30.4. The van der Waals surface area contributed by atoms with Gasteiger partial charge in [-0.1, -0.05) is 42.5 Å². The van der Waals surface area contributed by atoms with Crippen LogP contribution in [0.1, 0.15) is 68.9 Å². The minimum absolute atomic E-state index is 0.0793. The molecule has 0 unspecified atom stereocenters. The van der Waals surface area contributed by atoms with E-state index < -0.39 is 35.0 Å². The van der Waals surface area contributed by atoms with Crippen molar-refractivity contribution in [2.45, 2.75) is 70.8 Å². The van der Waals surface area contributed by atoms with Gasteiger partial charge >= 0.3 is 0 Å². The SMILES string of the molecule is COc1cc([C@H]2C3=CC[C@@H]4C(=O)N(C5CCCCC5)C(=O)[C@@H]4[C@@H]3C[C@H]3C(=O)N(c4cc(-c5sc6ccc(Cl)cc6c5C)nn4C)C(=O)[C@@]23C)cc(Br)c1O. The first-order valence-electron chi connectivity index (χ1n) is 18.6. The van der Waals surface area contributed by atoms with E-state index in [4.69, 9.17) is 21.4 Å². The zero-order chi connectivity index (χ0) is 38.0. The van der Waals surface area contributed by atoms with Crippen molar-refractivity contribution in [3.63, 3.8) is 0 Å². The van der Waals surface area contributed by atoms with E-state index in [1.807, 2.05) is 32.0 Å². The maximum atomic E-state index is 15.2. The minimum Gasteiger partial charge on any atom is -0.503 e. The molecule has 2 saturated carbocycles. The molecule has 0 radical (unpaired) electrons. The number of methoxy groups -OCH3 is 1. The van der Waals surface area contributed by atoms with Crippen molar-refractivity contribution in [3.8, 4) is 22.1 Å². The molecule has 0 bridgehead atoms. The Morgan fingerprint density at radius 2 is 1.78 bits per heavy atom. The Morgan fingerprint density at radius 1 is 1.02 bits per heavy atom. The molecule has 5 aliphatic rings. The number of hydrogen-bond acceptors (Lipinski definition) is 8. The van der Waals surface area contributed by atoms with E-state index in [0.717, 1.165) is 58.2 Å². The summed E-state index contributed by atoms with van der Waals surface area (Å²) in [5.41, 5.74) is 1.94. The average molecular weight is 832 g/mol. The average Bonchev–Trinajstić information content (AvgIpc) is 3.83. The van der Waals surface area contributed by atoms with Gasteiger partial charge in [0.05, 0.1) is 39.6 Å². The molecule has 1 N–H and O–H groups in total. The second kappa shape index (κ2) is 12.8. The lowest BCUT2D eigenvalue weighted by atomic mass is 9.51. The van der Waals surface area contributed by atoms with E-state index >= 15 is 4.79 Å². The molecule has 2 aliphatic heterocycles. The summed E-state index contributed by atoms with van der Waals surface area (Å²) in [6, 6.07) is 11.0. The lowest BCUT2D eigenvalue weighted by molar-refractivity contribution is -0.144. The zero-order valence-corrected chi connectivity index (χ0v) is 33.6. The molecule has 2 saturated heterocycles. The number of thiophene rings is 1. The van der Waals surface area contributed by atoms with Gasteiger partial charge in [0.25, 0.3) is 0 Å². The maximum absolute atomic E-state index is 15.2. The van der Waals surface area contributed by atoms with Crippen molar-refractivity contribution in [2.75, 3.05) is 12.0 Å². The van der Waals surface area contributed by atoms with Gasteiger partial charge in [0.15, 0.2) is 11.5 Å². The molecular weight excluding hydrogens is 792 g/mol. The fourth-order valence-electron chi connectivity index (χ4n) is 10.5. The third kappa shape index (κ3) is 4.97. The van der Waals surface area contributed by atoms with Crippen LogP contribution < -0.4 is 9.64 Å². The van der Waals surface area contributed by atoms with Gasteiger partial charge in [-0.05, 0) is 108 Å². The highest BCUT2D eigenvalue weighted by molar-refractivity contribution is 9.10. The van der Waals surface area contributed by atoms with Crippen molar-refractivity contribution < 1.29 is 29.0 Å². The molecule has 2 aromatic heterocycles. The predicted molar refractivity (Wildman–Crippen MR) is 209 cm³/mol. The number of fused-ring (bicyclic) bond motifs is 5. The number of aromatic nitrogens is 2. The van der Waals surface area contributed by atoms with Gasteiger partial charge in [0, 0.05) is 34.8 Å². The lowest BCUT2D eigenvalue weighted by Crippen LogP contribution is -2.49. The van der Waals surface area contributed by atoms with Crippen LogP contribution in [0, 0.1) is 36.0 Å². The Hall–Kier alpha value is -4.00. The number of halogens is 2. The molecule has 10 nitrogen and oxygen atoms in total. The third-order valence-corrected chi connectivity index (χ3v) is 15.2. The molecule has 2 aromatic carbocycles. The lowest BCUT2D eigenvalue weighted by Gasteiger charge is -2.49. The largest absolute Gasteiger partial charge is 0.503 e.